The monoisotopic (exact) mass is 550 g/mol. The van der Waals surface area contributed by atoms with E-state index >= 15 is 0 Å². The molecule has 1 aromatic heterocycles. The number of carboxylic acids is 1. The number of hydrogen-bond donors (Lipinski definition) is 1. The first-order chi connectivity index (χ1) is 18.4. The molecule has 0 saturated heterocycles. The Labute approximate surface area is 222 Å². The maximum Gasteiger partial charge on any atom is 0.416 e. The van der Waals surface area contributed by atoms with Crippen molar-refractivity contribution in [1.82, 2.24) is 4.98 Å². The highest BCUT2D eigenvalue weighted by Crippen LogP contribution is 2.36. The SMILES string of the molecule is O=C(O)Cc1cc(-c2ccc(C(F)(F)F)cc2)nc(N(CCC2CCCCC2)c2ccc(C(F)(F)F)cc2)c1. The van der Waals surface area contributed by atoms with E-state index in [0.29, 0.717) is 35.1 Å². The van der Waals surface area contributed by atoms with E-state index in [1.165, 1.54) is 36.8 Å². The van der Waals surface area contributed by atoms with Crippen LogP contribution in [-0.2, 0) is 23.6 Å². The highest BCUT2D eigenvalue weighted by Gasteiger charge is 2.31. The lowest BCUT2D eigenvalue weighted by Crippen LogP contribution is -2.23. The second-order valence-corrected chi connectivity index (χ2v) is 9.85. The maximum atomic E-state index is 13.2. The van der Waals surface area contributed by atoms with Gasteiger partial charge in [0.2, 0.25) is 0 Å². The van der Waals surface area contributed by atoms with Gasteiger partial charge in [0.25, 0.3) is 0 Å². The Morgan fingerprint density at radius 1 is 0.846 bits per heavy atom. The van der Waals surface area contributed by atoms with Crippen LogP contribution in [0.1, 0.15) is 55.2 Å². The lowest BCUT2D eigenvalue weighted by atomic mass is 9.87. The van der Waals surface area contributed by atoms with Crippen molar-refractivity contribution in [3.8, 4) is 11.3 Å². The van der Waals surface area contributed by atoms with Crippen LogP contribution in [0.3, 0.4) is 0 Å². The van der Waals surface area contributed by atoms with Gasteiger partial charge in [-0.15, -0.1) is 0 Å². The highest BCUT2D eigenvalue weighted by molar-refractivity contribution is 5.73. The minimum Gasteiger partial charge on any atom is -0.481 e. The molecule has 0 aliphatic heterocycles. The van der Waals surface area contributed by atoms with Gasteiger partial charge in [-0.25, -0.2) is 4.98 Å². The molecule has 1 saturated carbocycles. The summed E-state index contributed by atoms with van der Waals surface area (Å²) < 4.78 is 78.8. The molecule has 3 aromatic rings. The molecular formula is C29H28F6N2O2. The van der Waals surface area contributed by atoms with Crippen LogP contribution in [0.25, 0.3) is 11.3 Å². The van der Waals surface area contributed by atoms with Crippen LogP contribution in [0.4, 0.5) is 37.8 Å². The van der Waals surface area contributed by atoms with Gasteiger partial charge in [0.05, 0.1) is 23.2 Å². The quantitative estimate of drug-likeness (QED) is 0.286. The van der Waals surface area contributed by atoms with Gasteiger partial charge in [-0.3, -0.25) is 4.79 Å². The lowest BCUT2D eigenvalue weighted by molar-refractivity contribution is -0.138. The Morgan fingerprint density at radius 2 is 1.41 bits per heavy atom. The lowest BCUT2D eigenvalue weighted by Gasteiger charge is -2.29. The Kier molecular flexibility index (Phi) is 8.51. The number of alkyl halides is 6. The molecule has 1 aliphatic carbocycles. The van der Waals surface area contributed by atoms with Crippen molar-refractivity contribution < 1.29 is 36.2 Å². The minimum absolute atomic E-state index is 0.270. The molecule has 1 aliphatic rings. The van der Waals surface area contributed by atoms with Crippen molar-refractivity contribution in [3.63, 3.8) is 0 Å². The maximum absolute atomic E-state index is 13.2. The van der Waals surface area contributed by atoms with E-state index in [4.69, 9.17) is 0 Å². The van der Waals surface area contributed by atoms with E-state index in [9.17, 15) is 36.2 Å². The molecule has 0 bridgehead atoms. The Hall–Kier alpha value is -3.56. The zero-order valence-electron chi connectivity index (χ0n) is 21.0. The summed E-state index contributed by atoms with van der Waals surface area (Å²) >= 11 is 0. The van der Waals surface area contributed by atoms with Crippen molar-refractivity contribution in [2.24, 2.45) is 5.92 Å². The van der Waals surface area contributed by atoms with Gasteiger partial charge < -0.3 is 10.0 Å². The third-order valence-electron chi connectivity index (χ3n) is 7.00. The van der Waals surface area contributed by atoms with Crippen LogP contribution in [0.5, 0.6) is 0 Å². The molecule has 1 heterocycles. The first-order valence-electron chi connectivity index (χ1n) is 12.8. The molecule has 1 N–H and O–H groups in total. The van der Waals surface area contributed by atoms with E-state index in [1.807, 2.05) is 0 Å². The summed E-state index contributed by atoms with van der Waals surface area (Å²) in [6.07, 6.45) is -3.07. The standard InChI is InChI=1S/C29H28F6N2O2/c30-28(31,32)22-8-6-21(7-9-22)25-16-20(18-27(38)39)17-26(36-25)37(15-14-19-4-2-1-3-5-19)24-12-10-23(11-13-24)29(33,34)35/h6-13,16-17,19H,1-5,14-15,18H2,(H,38,39). The number of pyridine rings is 1. The van der Waals surface area contributed by atoms with E-state index in [1.54, 1.807) is 11.0 Å². The smallest absolute Gasteiger partial charge is 0.416 e. The Bertz CT molecular complexity index is 1260. The summed E-state index contributed by atoms with van der Waals surface area (Å²) in [5.41, 5.74) is -0.166. The predicted octanol–water partition coefficient (Wildman–Crippen LogP) is 8.52. The number of aliphatic carboxylic acids is 1. The molecule has 0 radical (unpaired) electrons. The molecule has 10 heteroatoms. The van der Waals surface area contributed by atoms with Crippen molar-refractivity contribution in [1.29, 1.82) is 0 Å². The Balaban J connectivity index is 1.75. The molecule has 0 spiro atoms. The van der Waals surface area contributed by atoms with E-state index in [-0.39, 0.29) is 12.1 Å². The summed E-state index contributed by atoms with van der Waals surface area (Å²) in [6, 6.07) is 12.1. The molecule has 2 aromatic carbocycles. The number of rotatable bonds is 8. The summed E-state index contributed by atoms with van der Waals surface area (Å²) in [6.45, 7) is 0.437. The van der Waals surface area contributed by atoms with E-state index in [0.717, 1.165) is 56.4 Å². The summed E-state index contributed by atoms with van der Waals surface area (Å²) in [5, 5.41) is 9.42. The van der Waals surface area contributed by atoms with Crippen LogP contribution in [-0.4, -0.2) is 22.6 Å². The first kappa shape index (κ1) is 28.4. The molecule has 1 fully saturated rings. The average Bonchev–Trinajstić information content (AvgIpc) is 2.88. The largest absolute Gasteiger partial charge is 0.481 e. The molecule has 208 valence electrons. The number of carboxylic acid groups (broad SMARTS) is 1. The first-order valence-corrected chi connectivity index (χ1v) is 12.8. The fourth-order valence-corrected chi connectivity index (χ4v) is 4.96. The predicted molar refractivity (Wildman–Crippen MR) is 136 cm³/mol. The van der Waals surface area contributed by atoms with E-state index < -0.39 is 29.4 Å². The summed E-state index contributed by atoms with van der Waals surface area (Å²) in [7, 11) is 0. The van der Waals surface area contributed by atoms with Gasteiger partial charge in [-0.2, -0.15) is 26.3 Å². The van der Waals surface area contributed by atoms with Crippen LogP contribution < -0.4 is 4.90 Å². The molecule has 0 atom stereocenters. The number of aromatic nitrogens is 1. The van der Waals surface area contributed by atoms with Crippen LogP contribution in [0, 0.1) is 5.92 Å². The molecular weight excluding hydrogens is 522 g/mol. The topological polar surface area (TPSA) is 53.4 Å². The van der Waals surface area contributed by atoms with Crippen molar-refractivity contribution in [3.05, 3.63) is 77.4 Å². The number of carbonyl (C=O) groups is 1. The van der Waals surface area contributed by atoms with Crippen LogP contribution in [0.15, 0.2) is 60.7 Å². The fourth-order valence-electron chi connectivity index (χ4n) is 4.96. The van der Waals surface area contributed by atoms with Gasteiger partial charge in [0, 0.05) is 17.8 Å². The van der Waals surface area contributed by atoms with Crippen molar-refractivity contribution in [2.45, 2.75) is 57.3 Å². The zero-order valence-corrected chi connectivity index (χ0v) is 21.0. The third-order valence-corrected chi connectivity index (χ3v) is 7.00. The fraction of sp³-hybridized carbons (Fsp3) is 0.379. The van der Waals surface area contributed by atoms with Gasteiger partial charge >= 0.3 is 18.3 Å². The van der Waals surface area contributed by atoms with Gasteiger partial charge in [0.15, 0.2) is 0 Å². The molecule has 4 rings (SSSR count). The van der Waals surface area contributed by atoms with Crippen LogP contribution >= 0.6 is 0 Å². The van der Waals surface area contributed by atoms with Crippen LogP contribution in [0.2, 0.25) is 0 Å². The van der Waals surface area contributed by atoms with Gasteiger partial charge in [-0.05, 0) is 66.4 Å². The number of nitrogens with zero attached hydrogens (tertiary/aromatic N) is 2. The average molecular weight is 551 g/mol. The number of halogens is 6. The number of benzene rings is 2. The number of anilines is 2. The second-order valence-electron chi connectivity index (χ2n) is 9.85. The summed E-state index contributed by atoms with van der Waals surface area (Å²) in [5.74, 6) is -0.333. The third kappa shape index (κ3) is 7.52. The second kappa shape index (κ2) is 11.7. The zero-order chi connectivity index (χ0) is 28.2. The summed E-state index contributed by atoms with van der Waals surface area (Å²) in [4.78, 5) is 17.9. The van der Waals surface area contributed by atoms with Gasteiger partial charge in [0.1, 0.15) is 5.82 Å². The number of hydrogen-bond acceptors (Lipinski definition) is 3. The normalized spacial score (nSPS) is 14.8. The molecule has 39 heavy (non-hydrogen) atoms. The van der Waals surface area contributed by atoms with E-state index in [2.05, 4.69) is 4.98 Å². The minimum atomic E-state index is -4.51. The molecule has 4 nitrogen and oxygen atoms in total. The molecule has 0 amide bonds. The Morgan fingerprint density at radius 3 is 1.95 bits per heavy atom. The van der Waals surface area contributed by atoms with Crippen molar-refractivity contribution >= 4 is 17.5 Å². The highest BCUT2D eigenvalue weighted by atomic mass is 19.4. The molecule has 0 unspecified atom stereocenters. The van der Waals surface area contributed by atoms with Gasteiger partial charge in [-0.1, -0.05) is 44.2 Å². The van der Waals surface area contributed by atoms with Crippen molar-refractivity contribution in [2.75, 3.05) is 11.4 Å².